The van der Waals surface area contributed by atoms with Gasteiger partial charge in [0.1, 0.15) is 5.75 Å². The van der Waals surface area contributed by atoms with Gasteiger partial charge in [-0.25, -0.2) is 0 Å². The van der Waals surface area contributed by atoms with Gasteiger partial charge in [0.25, 0.3) is 0 Å². The SMILES string of the molecule is COc1cc(NC(C)CCCN2C(=O)[C@H](C)NC23CCCCC3)c2ncccc2c1. The van der Waals surface area contributed by atoms with Gasteiger partial charge in [-0.2, -0.15) is 0 Å². The van der Waals surface area contributed by atoms with Crippen molar-refractivity contribution in [1.29, 1.82) is 0 Å². The van der Waals surface area contributed by atoms with Crippen molar-refractivity contribution >= 4 is 22.5 Å². The summed E-state index contributed by atoms with van der Waals surface area (Å²) in [6.45, 7) is 5.01. The lowest BCUT2D eigenvalue weighted by Crippen LogP contribution is -2.54. The van der Waals surface area contributed by atoms with E-state index in [4.69, 9.17) is 4.74 Å². The van der Waals surface area contributed by atoms with Gasteiger partial charge in [-0.3, -0.25) is 15.1 Å². The van der Waals surface area contributed by atoms with Crippen molar-refractivity contribution in [3.05, 3.63) is 30.5 Å². The molecule has 1 amide bonds. The number of anilines is 1. The Bertz CT molecular complexity index is 894. The highest BCUT2D eigenvalue weighted by atomic mass is 16.5. The first-order chi connectivity index (χ1) is 14.5. The molecule has 1 aromatic heterocycles. The van der Waals surface area contributed by atoms with Crippen LogP contribution in [0, 0.1) is 0 Å². The summed E-state index contributed by atoms with van der Waals surface area (Å²) < 4.78 is 5.46. The molecule has 2 atom stereocenters. The second-order valence-corrected chi connectivity index (χ2v) is 8.89. The lowest BCUT2D eigenvalue weighted by atomic mass is 9.88. The molecule has 6 heteroatoms. The summed E-state index contributed by atoms with van der Waals surface area (Å²) in [4.78, 5) is 19.5. The van der Waals surface area contributed by atoms with E-state index in [2.05, 4.69) is 33.5 Å². The van der Waals surface area contributed by atoms with Crippen LogP contribution in [-0.4, -0.2) is 47.2 Å². The number of methoxy groups -OCH3 is 1. The van der Waals surface area contributed by atoms with E-state index in [1.54, 1.807) is 7.11 Å². The number of hydrogen-bond acceptors (Lipinski definition) is 5. The van der Waals surface area contributed by atoms with E-state index >= 15 is 0 Å². The third-order valence-electron chi connectivity index (χ3n) is 6.65. The first-order valence-electron chi connectivity index (χ1n) is 11.3. The van der Waals surface area contributed by atoms with Crippen LogP contribution in [-0.2, 0) is 4.79 Å². The number of ether oxygens (including phenoxy) is 1. The molecule has 162 valence electrons. The number of nitrogens with zero attached hydrogens (tertiary/aromatic N) is 2. The van der Waals surface area contributed by atoms with Crippen molar-refractivity contribution < 1.29 is 9.53 Å². The third kappa shape index (κ3) is 4.10. The van der Waals surface area contributed by atoms with Gasteiger partial charge in [-0.15, -0.1) is 0 Å². The van der Waals surface area contributed by atoms with Crippen LogP contribution in [0.3, 0.4) is 0 Å². The summed E-state index contributed by atoms with van der Waals surface area (Å²) >= 11 is 0. The molecule has 1 saturated carbocycles. The maximum atomic E-state index is 12.8. The Morgan fingerprint density at radius 1 is 1.33 bits per heavy atom. The van der Waals surface area contributed by atoms with Crippen LogP contribution >= 0.6 is 0 Å². The minimum atomic E-state index is -0.0989. The zero-order chi connectivity index (χ0) is 21.1. The number of carbonyl (C=O) groups excluding carboxylic acids is 1. The summed E-state index contributed by atoms with van der Waals surface area (Å²) in [7, 11) is 1.69. The van der Waals surface area contributed by atoms with Gasteiger partial charge in [-0.1, -0.05) is 12.5 Å². The molecule has 1 aliphatic heterocycles. The largest absolute Gasteiger partial charge is 0.497 e. The number of benzene rings is 1. The van der Waals surface area contributed by atoms with Crippen LogP contribution in [0.4, 0.5) is 5.69 Å². The average molecular weight is 411 g/mol. The number of rotatable bonds is 7. The normalized spacial score (nSPS) is 21.9. The molecule has 1 unspecified atom stereocenters. The molecule has 6 nitrogen and oxygen atoms in total. The van der Waals surface area contributed by atoms with E-state index in [0.717, 1.165) is 54.6 Å². The van der Waals surface area contributed by atoms with Gasteiger partial charge < -0.3 is 15.0 Å². The fourth-order valence-electron chi connectivity index (χ4n) is 5.15. The van der Waals surface area contributed by atoms with Crippen molar-refractivity contribution in [2.24, 2.45) is 0 Å². The zero-order valence-electron chi connectivity index (χ0n) is 18.4. The molecular weight excluding hydrogens is 376 g/mol. The molecule has 0 radical (unpaired) electrons. The molecule has 2 heterocycles. The molecule has 2 N–H and O–H groups in total. The quantitative estimate of drug-likeness (QED) is 0.712. The predicted molar refractivity (Wildman–Crippen MR) is 121 cm³/mol. The molecule has 0 bridgehead atoms. The third-order valence-corrected chi connectivity index (χ3v) is 6.65. The van der Waals surface area contributed by atoms with Crippen molar-refractivity contribution in [2.75, 3.05) is 19.0 Å². The standard InChI is InChI=1S/C24H34N4O2/c1-17(26-21-16-20(30-3)15-19-10-7-13-25-22(19)21)9-8-14-28-23(29)18(2)27-24(28)11-5-4-6-12-24/h7,10,13,15-18,26-27H,4-6,8-9,11-12,14H2,1-3H3/t17?,18-/m0/s1. The van der Waals surface area contributed by atoms with E-state index in [9.17, 15) is 4.79 Å². The van der Waals surface area contributed by atoms with Crippen molar-refractivity contribution in [2.45, 2.75) is 76.5 Å². The average Bonchev–Trinajstić information content (AvgIpc) is 2.97. The van der Waals surface area contributed by atoms with Crippen LogP contribution in [0.15, 0.2) is 30.5 Å². The Hall–Kier alpha value is -2.34. The number of fused-ring (bicyclic) bond motifs is 1. The molecule has 4 rings (SSSR count). The first-order valence-corrected chi connectivity index (χ1v) is 11.3. The zero-order valence-corrected chi connectivity index (χ0v) is 18.4. The summed E-state index contributed by atoms with van der Waals surface area (Å²) in [6.07, 6.45) is 9.64. The van der Waals surface area contributed by atoms with Crippen molar-refractivity contribution in [3.63, 3.8) is 0 Å². The summed E-state index contributed by atoms with van der Waals surface area (Å²) in [5, 5.41) is 8.30. The fourth-order valence-corrected chi connectivity index (χ4v) is 5.15. The Kier molecular flexibility index (Phi) is 6.14. The maximum absolute atomic E-state index is 12.8. The Morgan fingerprint density at radius 3 is 2.90 bits per heavy atom. The highest BCUT2D eigenvalue weighted by Crippen LogP contribution is 2.36. The number of hydrogen-bond donors (Lipinski definition) is 2. The number of pyridine rings is 1. The molecule has 2 aromatic rings. The van der Waals surface area contributed by atoms with Crippen LogP contribution < -0.4 is 15.4 Å². The number of nitrogens with one attached hydrogen (secondary N) is 2. The van der Waals surface area contributed by atoms with Gasteiger partial charge >= 0.3 is 0 Å². The maximum Gasteiger partial charge on any atom is 0.240 e. The van der Waals surface area contributed by atoms with Gasteiger partial charge in [-0.05, 0) is 64.5 Å². The van der Waals surface area contributed by atoms with Crippen LogP contribution in [0.5, 0.6) is 5.75 Å². The van der Waals surface area contributed by atoms with Crippen molar-refractivity contribution in [3.8, 4) is 5.75 Å². The number of carbonyl (C=O) groups is 1. The lowest BCUT2D eigenvalue weighted by Gasteiger charge is -2.41. The van der Waals surface area contributed by atoms with Gasteiger partial charge in [0, 0.05) is 30.2 Å². The molecular formula is C24H34N4O2. The minimum absolute atomic E-state index is 0.0622. The van der Waals surface area contributed by atoms with E-state index in [0.29, 0.717) is 0 Å². The molecule has 1 aromatic carbocycles. The van der Waals surface area contributed by atoms with E-state index in [1.165, 1.54) is 19.3 Å². The predicted octanol–water partition coefficient (Wildman–Crippen LogP) is 4.30. The summed E-state index contributed by atoms with van der Waals surface area (Å²) in [5.41, 5.74) is 1.85. The topological polar surface area (TPSA) is 66.5 Å². The molecule has 2 fully saturated rings. The minimum Gasteiger partial charge on any atom is -0.497 e. The van der Waals surface area contributed by atoms with Gasteiger partial charge in [0.15, 0.2) is 0 Å². The lowest BCUT2D eigenvalue weighted by molar-refractivity contribution is -0.132. The molecule has 1 aliphatic carbocycles. The first kappa shape index (κ1) is 20.9. The van der Waals surface area contributed by atoms with Gasteiger partial charge in [0.2, 0.25) is 5.91 Å². The smallest absolute Gasteiger partial charge is 0.240 e. The molecule has 1 saturated heterocycles. The monoisotopic (exact) mass is 410 g/mol. The van der Waals surface area contributed by atoms with Crippen LogP contribution in [0.2, 0.25) is 0 Å². The van der Waals surface area contributed by atoms with E-state index < -0.39 is 0 Å². The highest BCUT2D eigenvalue weighted by molar-refractivity contribution is 5.92. The summed E-state index contributed by atoms with van der Waals surface area (Å²) in [6, 6.07) is 8.23. The number of aromatic nitrogens is 1. The van der Waals surface area contributed by atoms with Crippen LogP contribution in [0.1, 0.15) is 58.8 Å². The molecule has 1 spiro atoms. The van der Waals surface area contributed by atoms with Gasteiger partial charge in [0.05, 0.1) is 30.0 Å². The highest BCUT2D eigenvalue weighted by Gasteiger charge is 2.48. The number of amides is 1. The molecule has 2 aliphatic rings. The van der Waals surface area contributed by atoms with Crippen LogP contribution in [0.25, 0.3) is 10.9 Å². The molecule has 30 heavy (non-hydrogen) atoms. The van der Waals surface area contributed by atoms with E-state index in [-0.39, 0.29) is 23.7 Å². The second-order valence-electron chi connectivity index (χ2n) is 8.89. The van der Waals surface area contributed by atoms with E-state index in [1.807, 2.05) is 31.3 Å². The summed E-state index contributed by atoms with van der Waals surface area (Å²) in [5.74, 6) is 1.09. The fraction of sp³-hybridized carbons (Fsp3) is 0.583. The van der Waals surface area contributed by atoms with Crippen molar-refractivity contribution in [1.82, 2.24) is 15.2 Å². The second kappa shape index (κ2) is 8.80. The Labute approximate surface area is 179 Å². The Balaban J connectivity index is 1.39. The Morgan fingerprint density at radius 2 is 2.13 bits per heavy atom.